The van der Waals surface area contributed by atoms with Gasteiger partial charge in [0, 0.05) is 17.6 Å². The highest BCUT2D eigenvalue weighted by molar-refractivity contribution is 7.90. The number of aromatic nitrogens is 1. The summed E-state index contributed by atoms with van der Waals surface area (Å²) in [5.41, 5.74) is 2.36. The van der Waals surface area contributed by atoms with Crippen LogP contribution in [-0.4, -0.2) is 21.3 Å². The average molecular weight is 445 g/mol. The van der Waals surface area contributed by atoms with Gasteiger partial charge in [-0.05, 0) is 57.9 Å². The fourth-order valence-electron chi connectivity index (χ4n) is 3.19. The lowest BCUT2D eigenvalue weighted by atomic mass is 10.0. The molecule has 1 unspecified atom stereocenters. The molecule has 0 spiro atoms. The van der Waals surface area contributed by atoms with Gasteiger partial charge in [0.05, 0.1) is 26.1 Å². The van der Waals surface area contributed by atoms with Gasteiger partial charge in [-0.1, -0.05) is 42.0 Å². The summed E-state index contributed by atoms with van der Waals surface area (Å²) in [7, 11) is -5.10. The second kappa shape index (κ2) is 8.49. The first-order valence-corrected chi connectivity index (χ1v) is 12.4. The van der Waals surface area contributed by atoms with Crippen molar-refractivity contribution < 1.29 is 12.6 Å². The molecule has 0 aliphatic rings. The summed E-state index contributed by atoms with van der Waals surface area (Å²) in [6, 6.07) is 13.8. The van der Waals surface area contributed by atoms with E-state index in [2.05, 4.69) is 11.3 Å². The van der Waals surface area contributed by atoms with Crippen molar-refractivity contribution in [3.05, 3.63) is 78.5 Å². The van der Waals surface area contributed by atoms with E-state index in [0.29, 0.717) is 11.9 Å². The van der Waals surface area contributed by atoms with Crippen LogP contribution in [0.4, 0.5) is 0 Å². The van der Waals surface area contributed by atoms with Gasteiger partial charge in [0.25, 0.3) is 10.0 Å². The van der Waals surface area contributed by atoms with Gasteiger partial charge in [0.1, 0.15) is 0 Å². The van der Waals surface area contributed by atoms with Crippen LogP contribution >= 0.6 is 0 Å². The molecule has 0 amide bonds. The molecule has 30 heavy (non-hydrogen) atoms. The van der Waals surface area contributed by atoms with Gasteiger partial charge >= 0.3 is 0 Å². The Bertz CT molecular complexity index is 1190. The van der Waals surface area contributed by atoms with Crippen LogP contribution in [0.2, 0.25) is 0 Å². The van der Waals surface area contributed by atoms with E-state index in [1.54, 1.807) is 42.6 Å². The number of benzene rings is 2. The summed E-state index contributed by atoms with van der Waals surface area (Å²) < 4.78 is 43.6. The van der Waals surface area contributed by atoms with Crippen molar-refractivity contribution in [2.75, 3.05) is 0 Å². The summed E-state index contributed by atoms with van der Waals surface area (Å²) in [5, 5.41) is 0.804. The van der Waals surface area contributed by atoms with E-state index < -0.39 is 25.8 Å². The van der Waals surface area contributed by atoms with Crippen molar-refractivity contribution >= 4 is 31.9 Å². The van der Waals surface area contributed by atoms with Crippen LogP contribution in [0.5, 0.6) is 0 Å². The second-order valence-corrected chi connectivity index (χ2v) is 12.1. The summed E-state index contributed by atoms with van der Waals surface area (Å²) in [5.74, 6) is 0. The molecule has 160 valence electrons. The first kappa shape index (κ1) is 22.5. The third-order valence-electron chi connectivity index (χ3n) is 4.87. The molecule has 7 heteroatoms. The number of rotatable bonds is 7. The van der Waals surface area contributed by atoms with Gasteiger partial charge in [-0.15, -0.1) is 6.58 Å². The fraction of sp³-hybridized carbons (Fsp3) is 0.304. The van der Waals surface area contributed by atoms with Crippen molar-refractivity contribution in [3.8, 4) is 0 Å². The Morgan fingerprint density at radius 3 is 2.37 bits per heavy atom. The molecule has 0 bridgehead atoms. The molecule has 1 N–H and O–H groups in total. The highest BCUT2D eigenvalue weighted by Gasteiger charge is 2.27. The Labute approximate surface area is 181 Å². The van der Waals surface area contributed by atoms with Crippen molar-refractivity contribution in [1.82, 2.24) is 8.69 Å². The monoisotopic (exact) mass is 444 g/mol. The third kappa shape index (κ3) is 4.43. The molecule has 3 aromatic rings. The smallest absolute Gasteiger partial charge is 0.242 e. The zero-order valence-electron chi connectivity index (χ0n) is 17.8. The average Bonchev–Trinajstić information content (AvgIpc) is 3.07. The molecular formula is C23H28N2O3S2. The number of para-hydroxylation sites is 1. The lowest BCUT2D eigenvalue weighted by molar-refractivity contribution is 0.588. The van der Waals surface area contributed by atoms with E-state index in [-0.39, 0.29) is 10.9 Å². The summed E-state index contributed by atoms with van der Waals surface area (Å²) >= 11 is 0. The van der Waals surface area contributed by atoms with Crippen LogP contribution in [0.25, 0.3) is 10.9 Å². The number of nitrogens with one attached hydrogen (secondary N) is 1. The Morgan fingerprint density at radius 2 is 1.77 bits per heavy atom. The van der Waals surface area contributed by atoms with Crippen LogP contribution in [-0.2, 0) is 21.0 Å². The Kier molecular flexibility index (Phi) is 6.36. The molecule has 1 aromatic heterocycles. The lowest BCUT2D eigenvalue weighted by Crippen LogP contribution is -2.35. The Balaban J connectivity index is 2.16. The van der Waals surface area contributed by atoms with Crippen molar-refractivity contribution in [2.24, 2.45) is 0 Å². The van der Waals surface area contributed by atoms with Gasteiger partial charge in [-0.2, -0.15) is 0 Å². The quantitative estimate of drug-likeness (QED) is 0.530. The number of hydrogen-bond donors (Lipinski definition) is 1. The largest absolute Gasteiger partial charge is 0.268 e. The Hall–Kier alpha value is -2.22. The van der Waals surface area contributed by atoms with E-state index in [9.17, 15) is 12.6 Å². The molecule has 0 fully saturated rings. The van der Waals surface area contributed by atoms with E-state index >= 15 is 0 Å². The predicted molar refractivity (Wildman–Crippen MR) is 124 cm³/mol. The first-order chi connectivity index (χ1) is 14.1. The Morgan fingerprint density at radius 1 is 1.13 bits per heavy atom. The normalized spacial score (nSPS) is 14.5. The van der Waals surface area contributed by atoms with E-state index in [1.165, 1.54) is 3.97 Å². The topological polar surface area (TPSA) is 68.2 Å². The maximum absolute atomic E-state index is 13.4. The maximum atomic E-state index is 13.4. The zero-order chi connectivity index (χ0) is 22.1. The molecule has 0 saturated heterocycles. The van der Waals surface area contributed by atoms with E-state index in [0.717, 1.165) is 16.5 Å². The molecular weight excluding hydrogens is 416 g/mol. The lowest BCUT2D eigenvalue weighted by Gasteiger charge is -2.23. The van der Waals surface area contributed by atoms with Gasteiger partial charge in [-0.3, -0.25) is 0 Å². The van der Waals surface area contributed by atoms with E-state index in [4.69, 9.17) is 0 Å². The van der Waals surface area contributed by atoms with Gasteiger partial charge in [0.2, 0.25) is 0 Å². The van der Waals surface area contributed by atoms with Crippen LogP contribution in [0.15, 0.2) is 72.3 Å². The highest BCUT2D eigenvalue weighted by Crippen LogP contribution is 2.32. The molecule has 1 heterocycles. The molecule has 0 aliphatic heterocycles. The van der Waals surface area contributed by atoms with Crippen LogP contribution < -0.4 is 4.72 Å². The van der Waals surface area contributed by atoms with Gasteiger partial charge < -0.3 is 0 Å². The summed E-state index contributed by atoms with van der Waals surface area (Å²) in [4.78, 5) is 0.229. The predicted octanol–water partition coefficient (Wildman–Crippen LogP) is 4.86. The molecule has 0 saturated carbocycles. The molecule has 2 aromatic carbocycles. The number of fused-ring (bicyclic) bond motifs is 1. The van der Waals surface area contributed by atoms with Crippen molar-refractivity contribution in [3.63, 3.8) is 0 Å². The minimum atomic E-state index is -3.78. The van der Waals surface area contributed by atoms with Gasteiger partial charge in [-0.25, -0.2) is 21.3 Å². The summed E-state index contributed by atoms with van der Waals surface area (Å²) in [6.07, 6.45) is 3.90. The van der Waals surface area contributed by atoms with Crippen LogP contribution in [0.1, 0.15) is 44.4 Å². The second-order valence-electron chi connectivity index (χ2n) is 8.29. The minimum Gasteiger partial charge on any atom is -0.242 e. The number of aryl methyl sites for hydroxylation is 1. The first-order valence-electron chi connectivity index (χ1n) is 9.77. The molecule has 0 radical (unpaired) electrons. The zero-order valence-corrected chi connectivity index (χ0v) is 19.4. The van der Waals surface area contributed by atoms with E-state index in [1.807, 2.05) is 45.9 Å². The van der Waals surface area contributed by atoms with Crippen LogP contribution in [0, 0.1) is 6.92 Å². The van der Waals surface area contributed by atoms with Crippen LogP contribution in [0.3, 0.4) is 0 Å². The maximum Gasteiger partial charge on any atom is 0.268 e. The summed E-state index contributed by atoms with van der Waals surface area (Å²) in [6.45, 7) is 11.4. The minimum absolute atomic E-state index is 0.229. The third-order valence-corrected chi connectivity index (χ3v) is 8.17. The number of hydrogen-bond acceptors (Lipinski definition) is 3. The number of nitrogens with zero attached hydrogens (tertiary/aromatic N) is 1. The van der Waals surface area contributed by atoms with Gasteiger partial charge in [0.15, 0.2) is 0 Å². The highest BCUT2D eigenvalue weighted by atomic mass is 32.2. The molecule has 2 atom stereocenters. The standard InChI is InChI=1S/C23H28N2O3S2/c1-6-9-21(24-29(26)23(3,4)5)20-16-25(22-11-8-7-10-19(20)22)30(27,28)18-14-12-17(2)13-15-18/h6-8,10-16,21,24H,1,9H2,2-5H3/t21-,29?/m0/s1. The molecule has 5 nitrogen and oxygen atoms in total. The van der Waals surface area contributed by atoms with Crippen molar-refractivity contribution in [2.45, 2.75) is 49.8 Å². The molecule has 3 rings (SSSR count). The van der Waals surface area contributed by atoms with Crippen molar-refractivity contribution in [1.29, 1.82) is 0 Å². The SMILES string of the molecule is C=CC[C@H](NS(=O)C(C)(C)C)c1cn(S(=O)(=O)c2ccc(C)cc2)c2ccccc12. The fourth-order valence-corrected chi connectivity index (χ4v) is 5.40. The molecule has 0 aliphatic carbocycles.